The average Bonchev–Trinajstić information content (AvgIpc) is 3.20. The van der Waals surface area contributed by atoms with Gasteiger partial charge in [0.05, 0.1) is 11.8 Å². The normalized spacial score (nSPS) is 19.3. The minimum Gasteiger partial charge on any atom is -0.352 e. The Morgan fingerprint density at radius 3 is 2.48 bits per heavy atom. The molecule has 1 aromatic carbocycles. The van der Waals surface area contributed by atoms with Crippen LogP contribution in [-0.4, -0.2) is 38.4 Å². The molecule has 0 radical (unpaired) electrons. The first kappa shape index (κ1) is 25.3. The van der Waals surface area contributed by atoms with Gasteiger partial charge >= 0.3 is 0 Å². The highest BCUT2D eigenvalue weighted by Gasteiger charge is 2.27. The molecular weight excluding hydrogens is 434 g/mol. The Morgan fingerprint density at radius 1 is 1.15 bits per heavy atom. The summed E-state index contributed by atoms with van der Waals surface area (Å²) in [6, 6.07) is 7.52. The number of amides is 2. The van der Waals surface area contributed by atoms with Gasteiger partial charge in [-0.3, -0.25) is 9.59 Å². The molecule has 8 heteroatoms. The number of hydrogen-bond donors (Lipinski definition) is 2. The predicted octanol–water partition coefficient (Wildman–Crippen LogP) is 4.52. The van der Waals surface area contributed by atoms with E-state index >= 15 is 0 Å². The highest BCUT2D eigenvalue weighted by atomic mass is 32.2. The molecule has 0 saturated heterocycles. The van der Waals surface area contributed by atoms with E-state index in [0.29, 0.717) is 28.9 Å². The van der Waals surface area contributed by atoms with E-state index in [0.717, 1.165) is 17.8 Å². The second kappa shape index (κ2) is 11.7. The average molecular weight is 472 g/mol. The number of aromatic nitrogens is 3. The number of carbonyl (C=O) groups excluding carboxylic acids is 2. The molecule has 7 nitrogen and oxygen atoms in total. The van der Waals surface area contributed by atoms with Crippen molar-refractivity contribution >= 4 is 23.6 Å². The van der Waals surface area contributed by atoms with Gasteiger partial charge in [0.15, 0.2) is 11.0 Å². The minimum atomic E-state index is -0.280. The molecule has 2 N–H and O–H groups in total. The Bertz CT molecular complexity index is 941. The van der Waals surface area contributed by atoms with Crippen molar-refractivity contribution in [2.75, 3.05) is 5.75 Å². The number of hydrogen-bond acceptors (Lipinski definition) is 5. The topological polar surface area (TPSA) is 88.9 Å². The lowest BCUT2D eigenvalue weighted by molar-refractivity contribution is -0.119. The van der Waals surface area contributed by atoms with Crippen LogP contribution in [0.4, 0.5) is 0 Å². The maximum absolute atomic E-state index is 12.9. The molecule has 0 unspecified atom stereocenters. The van der Waals surface area contributed by atoms with Crippen molar-refractivity contribution in [2.45, 2.75) is 84.1 Å². The number of nitrogens with one attached hydrogen (secondary N) is 2. The van der Waals surface area contributed by atoms with Crippen molar-refractivity contribution in [3.05, 3.63) is 41.2 Å². The molecular formula is C25H37N5O2S. The largest absolute Gasteiger partial charge is 0.352 e. The zero-order valence-electron chi connectivity index (χ0n) is 20.4. The molecule has 3 rings (SSSR count). The fourth-order valence-electron chi connectivity index (χ4n) is 4.30. The maximum atomic E-state index is 12.9. The molecule has 1 fully saturated rings. The van der Waals surface area contributed by atoms with E-state index in [2.05, 4.69) is 41.6 Å². The Hall–Kier alpha value is -2.35. The van der Waals surface area contributed by atoms with E-state index in [-0.39, 0.29) is 29.8 Å². The second-order valence-corrected chi connectivity index (χ2v) is 10.3. The summed E-state index contributed by atoms with van der Waals surface area (Å²) < 4.78 is 2.00. The molecule has 33 heavy (non-hydrogen) atoms. The molecule has 1 aliphatic rings. The predicted molar refractivity (Wildman–Crippen MR) is 132 cm³/mol. The fourth-order valence-corrected chi connectivity index (χ4v) is 5.12. The van der Waals surface area contributed by atoms with E-state index in [1.54, 1.807) is 0 Å². The van der Waals surface area contributed by atoms with Crippen molar-refractivity contribution in [1.29, 1.82) is 0 Å². The molecule has 2 amide bonds. The molecule has 180 valence electrons. The highest BCUT2D eigenvalue weighted by Crippen LogP contribution is 2.26. The van der Waals surface area contributed by atoms with Crippen molar-refractivity contribution in [3.8, 4) is 0 Å². The van der Waals surface area contributed by atoms with Crippen LogP contribution in [0.25, 0.3) is 0 Å². The Balaban J connectivity index is 1.67. The first-order valence-corrected chi connectivity index (χ1v) is 13.0. The first-order valence-electron chi connectivity index (χ1n) is 12.0. The van der Waals surface area contributed by atoms with Gasteiger partial charge in [0.2, 0.25) is 5.91 Å². The van der Waals surface area contributed by atoms with Gasteiger partial charge in [0, 0.05) is 18.2 Å². The molecule has 1 saturated carbocycles. The smallest absolute Gasteiger partial charge is 0.251 e. The SMILES string of the molecule is CCn1c(SCC(=O)N[C@@H]2CCCC[C@H]2C)nnc1[C@H](NC(=O)c1ccc(C)cc1)C(C)C. The van der Waals surface area contributed by atoms with Crippen LogP contribution in [-0.2, 0) is 11.3 Å². The molecule has 0 aliphatic heterocycles. The van der Waals surface area contributed by atoms with E-state index < -0.39 is 0 Å². The maximum Gasteiger partial charge on any atom is 0.251 e. The lowest BCUT2D eigenvalue weighted by Gasteiger charge is -2.29. The number of aryl methyl sites for hydroxylation is 1. The number of benzene rings is 1. The van der Waals surface area contributed by atoms with Crippen LogP contribution in [0.5, 0.6) is 0 Å². The summed E-state index contributed by atoms with van der Waals surface area (Å²) >= 11 is 1.40. The first-order chi connectivity index (χ1) is 15.8. The quantitative estimate of drug-likeness (QED) is 0.525. The standard InChI is InChI=1S/C25H37N5O2S/c1-6-30-23(22(16(2)3)27-24(32)19-13-11-17(4)12-14-19)28-29-25(30)33-15-21(31)26-20-10-8-7-9-18(20)5/h11-14,16,18,20,22H,6-10,15H2,1-5H3,(H,26,31)(H,27,32)/t18-,20-,22-/m1/s1. The lowest BCUT2D eigenvalue weighted by atomic mass is 9.86. The summed E-state index contributed by atoms with van der Waals surface area (Å²) in [5, 5.41) is 15.8. The summed E-state index contributed by atoms with van der Waals surface area (Å²) in [5.74, 6) is 1.60. The third kappa shape index (κ3) is 6.59. The van der Waals surface area contributed by atoms with Gasteiger partial charge in [-0.15, -0.1) is 10.2 Å². The van der Waals surface area contributed by atoms with E-state index in [1.807, 2.05) is 42.7 Å². The Kier molecular flexibility index (Phi) is 8.95. The third-order valence-electron chi connectivity index (χ3n) is 6.40. The summed E-state index contributed by atoms with van der Waals surface area (Å²) in [4.78, 5) is 25.4. The molecule has 1 aliphatic carbocycles. The van der Waals surface area contributed by atoms with Crippen LogP contribution in [0.15, 0.2) is 29.4 Å². The zero-order chi connectivity index (χ0) is 24.0. The summed E-state index contributed by atoms with van der Waals surface area (Å²) in [7, 11) is 0. The molecule has 0 spiro atoms. The van der Waals surface area contributed by atoms with Gasteiger partial charge in [-0.25, -0.2) is 0 Å². The summed E-state index contributed by atoms with van der Waals surface area (Å²) in [6.07, 6.45) is 4.67. The van der Waals surface area contributed by atoms with E-state index in [9.17, 15) is 9.59 Å². The Morgan fingerprint density at radius 2 is 1.85 bits per heavy atom. The Labute approximate surface area is 201 Å². The summed E-state index contributed by atoms with van der Waals surface area (Å²) in [6.45, 7) is 11.0. The van der Waals surface area contributed by atoms with Gasteiger partial charge in [-0.2, -0.15) is 0 Å². The van der Waals surface area contributed by atoms with Gasteiger partial charge in [0.1, 0.15) is 0 Å². The number of nitrogens with zero attached hydrogens (tertiary/aromatic N) is 3. The van der Waals surface area contributed by atoms with E-state index in [1.165, 1.54) is 31.0 Å². The molecule has 3 atom stereocenters. The fraction of sp³-hybridized carbons (Fsp3) is 0.600. The van der Waals surface area contributed by atoms with Crippen LogP contribution in [0.3, 0.4) is 0 Å². The molecule has 1 aromatic heterocycles. The van der Waals surface area contributed by atoms with Crippen LogP contribution < -0.4 is 10.6 Å². The van der Waals surface area contributed by atoms with Crippen LogP contribution >= 0.6 is 11.8 Å². The molecule has 0 bridgehead atoms. The third-order valence-corrected chi connectivity index (χ3v) is 7.36. The van der Waals surface area contributed by atoms with Crippen molar-refractivity contribution < 1.29 is 9.59 Å². The molecule has 1 heterocycles. The van der Waals surface area contributed by atoms with Crippen molar-refractivity contribution in [3.63, 3.8) is 0 Å². The number of rotatable bonds is 9. The second-order valence-electron chi connectivity index (χ2n) is 9.37. The minimum absolute atomic E-state index is 0.0408. The van der Waals surface area contributed by atoms with Gasteiger partial charge in [-0.05, 0) is 50.7 Å². The van der Waals surface area contributed by atoms with Crippen molar-refractivity contribution in [2.24, 2.45) is 11.8 Å². The van der Waals surface area contributed by atoms with Crippen molar-refractivity contribution in [1.82, 2.24) is 25.4 Å². The highest BCUT2D eigenvalue weighted by molar-refractivity contribution is 7.99. The lowest BCUT2D eigenvalue weighted by Crippen LogP contribution is -2.41. The number of carbonyl (C=O) groups is 2. The van der Waals surface area contributed by atoms with Gasteiger partial charge in [0.25, 0.3) is 5.91 Å². The molecule has 2 aromatic rings. The number of thioether (sulfide) groups is 1. The van der Waals surface area contributed by atoms with Crippen LogP contribution in [0, 0.1) is 18.8 Å². The monoisotopic (exact) mass is 471 g/mol. The zero-order valence-corrected chi connectivity index (χ0v) is 21.2. The van der Waals surface area contributed by atoms with E-state index in [4.69, 9.17) is 0 Å². The summed E-state index contributed by atoms with van der Waals surface area (Å²) in [5.41, 5.74) is 1.73. The van der Waals surface area contributed by atoms with Gasteiger partial charge in [-0.1, -0.05) is 63.1 Å². The van der Waals surface area contributed by atoms with Gasteiger partial charge < -0.3 is 15.2 Å². The van der Waals surface area contributed by atoms with Crippen LogP contribution in [0.2, 0.25) is 0 Å². The van der Waals surface area contributed by atoms with Crippen LogP contribution in [0.1, 0.15) is 81.2 Å².